The average molecular weight is 568 g/mol. The van der Waals surface area contributed by atoms with Crippen LogP contribution in [-0.2, 0) is 28.3 Å². The minimum atomic E-state index is -0.623. The zero-order chi connectivity index (χ0) is 26.1. The van der Waals surface area contributed by atoms with Crippen molar-refractivity contribution in [2.75, 3.05) is 5.75 Å². The van der Waals surface area contributed by atoms with Gasteiger partial charge in [0.1, 0.15) is 6.04 Å². The summed E-state index contributed by atoms with van der Waals surface area (Å²) in [6.45, 7) is 8.34. The van der Waals surface area contributed by atoms with Crippen LogP contribution in [0.1, 0.15) is 43.0 Å². The molecule has 190 valence electrons. The first-order chi connectivity index (χ1) is 17.1. The Morgan fingerprint density at radius 2 is 1.56 bits per heavy atom. The Labute approximate surface area is 228 Å². The number of thioether (sulfide) groups is 1. The Hall–Kier alpha value is -2.57. The van der Waals surface area contributed by atoms with Crippen LogP contribution in [0.15, 0.2) is 83.3 Å². The fraction of sp³-hybridized carbons (Fsp3) is 0.333. The quantitative estimate of drug-likeness (QED) is 0.303. The third-order valence-electron chi connectivity index (χ3n) is 5.78. The zero-order valence-electron chi connectivity index (χ0n) is 21.5. The molecule has 0 aliphatic heterocycles. The number of carbonyl (C=O) groups excluding carboxylic acids is 2. The SMILES string of the molecule is Cc1ccccc1CSCC(=O)N(Cc1ccc(Br)cc1)C(Cc1ccccc1)C(=O)NC(C)(C)C. The summed E-state index contributed by atoms with van der Waals surface area (Å²) in [6, 6.07) is 25.4. The molecule has 4 nitrogen and oxygen atoms in total. The predicted octanol–water partition coefficient (Wildman–Crippen LogP) is 6.55. The maximum atomic E-state index is 13.7. The number of amides is 2. The summed E-state index contributed by atoms with van der Waals surface area (Å²) in [5.74, 6) is 0.878. The van der Waals surface area contributed by atoms with Crippen molar-refractivity contribution in [1.29, 1.82) is 0 Å². The van der Waals surface area contributed by atoms with Crippen LogP contribution in [0.4, 0.5) is 0 Å². The Morgan fingerprint density at radius 3 is 2.19 bits per heavy atom. The van der Waals surface area contributed by atoms with Gasteiger partial charge in [-0.2, -0.15) is 0 Å². The Kier molecular flexibility index (Phi) is 10.2. The number of nitrogens with one attached hydrogen (secondary N) is 1. The fourth-order valence-electron chi connectivity index (χ4n) is 3.90. The van der Waals surface area contributed by atoms with Crippen molar-refractivity contribution in [3.63, 3.8) is 0 Å². The fourth-order valence-corrected chi connectivity index (χ4v) is 5.15. The highest BCUT2D eigenvalue weighted by atomic mass is 79.9. The van der Waals surface area contributed by atoms with Crippen LogP contribution in [-0.4, -0.2) is 34.0 Å². The minimum Gasteiger partial charge on any atom is -0.350 e. The van der Waals surface area contributed by atoms with E-state index in [9.17, 15) is 9.59 Å². The van der Waals surface area contributed by atoms with E-state index in [-0.39, 0.29) is 11.8 Å². The van der Waals surface area contributed by atoms with Crippen LogP contribution in [0.2, 0.25) is 0 Å². The second kappa shape index (κ2) is 13.1. The molecule has 1 unspecified atom stereocenters. The number of hydrogen-bond donors (Lipinski definition) is 1. The second-order valence-electron chi connectivity index (χ2n) is 10.0. The standard InChI is InChI=1S/C30H35BrN2O2S/c1-22-10-8-9-13-25(22)20-36-21-28(34)33(19-24-14-16-26(31)17-15-24)27(29(35)32-30(2,3)4)18-23-11-6-5-7-12-23/h5-17,27H,18-21H2,1-4H3,(H,32,35). The molecule has 0 aliphatic carbocycles. The van der Waals surface area contributed by atoms with Gasteiger partial charge >= 0.3 is 0 Å². The van der Waals surface area contributed by atoms with Crippen molar-refractivity contribution in [1.82, 2.24) is 10.2 Å². The molecule has 36 heavy (non-hydrogen) atoms. The smallest absolute Gasteiger partial charge is 0.243 e. The van der Waals surface area contributed by atoms with Gasteiger partial charge in [0, 0.05) is 28.7 Å². The van der Waals surface area contributed by atoms with Gasteiger partial charge in [0.25, 0.3) is 0 Å². The summed E-state index contributed by atoms with van der Waals surface area (Å²) < 4.78 is 0.976. The molecule has 0 saturated carbocycles. The van der Waals surface area contributed by atoms with Gasteiger partial charge in [-0.15, -0.1) is 11.8 Å². The van der Waals surface area contributed by atoms with E-state index in [1.807, 2.05) is 87.5 Å². The molecule has 1 atom stereocenters. The average Bonchev–Trinajstić information content (AvgIpc) is 2.83. The summed E-state index contributed by atoms with van der Waals surface area (Å²) in [5, 5.41) is 3.11. The van der Waals surface area contributed by atoms with Gasteiger partial charge in [-0.3, -0.25) is 9.59 Å². The molecular weight excluding hydrogens is 532 g/mol. The highest BCUT2D eigenvalue weighted by Crippen LogP contribution is 2.21. The Balaban J connectivity index is 1.87. The van der Waals surface area contributed by atoms with Crippen LogP contribution in [0.25, 0.3) is 0 Å². The molecule has 3 aromatic rings. The predicted molar refractivity (Wildman–Crippen MR) is 154 cm³/mol. The summed E-state index contributed by atoms with van der Waals surface area (Å²) >= 11 is 5.07. The van der Waals surface area contributed by atoms with Gasteiger partial charge in [0.15, 0.2) is 0 Å². The lowest BCUT2D eigenvalue weighted by atomic mass is 10.0. The second-order valence-corrected chi connectivity index (χ2v) is 11.9. The van der Waals surface area contributed by atoms with Crippen LogP contribution < -0.4 is 5.32 Å². The van der Waals surface area contributed by atoms with Gasteiger partial charge in [-0.1, -0.05) is 82.7 Å². The number of hydrogen-bond acceptors (Lipinski definition) is 3. The van der Waals surface area contributed by atoms with Crippen molar-refractivity contribution < 1.29 is 9.59 Å². The molecule has 0 spiro atoms. The van der Waals surface area contributed by atoms with Crippen LogP contribution >= 0.6 is 27.7 Å². The first-order valence-electron chi connectivity index (χ1n) is 12.1. The lowest BCUT2D eigenvalue weighted by Crippen LogP contribution is -2.54. The van der Waals surface area contributed by atoms with Crippen molar-refractivity contribution in [2.45, 2.75) is 58.0 Å². The van der Waals surface area contributed by atoms with Gasteiger partial charge in [-0.05, 0) is 62.1 Å². The largest absolute Gasteiger partial charge is 0.350 e. The lowest BCUT2D eigenvalue weighted by molar-refractivity contribution is -0.140. The molecule has 0 aromatic heterocycles. The normalized spacial score (nSPS) is 12.1. The highest BCUT2D eigenvalue weighted by molar-refractivity contribution is 9.10. The molecule has 0 aliphatic rings. The van der Waals surface area contributed by atoms with E-state index in [1.54, 1.807) is 16.7 Å². The maximum absolute atomic E-state index is 13.7. The van der Waals surface area contributed by atoms with E-state index in [2.05, 4.69) is 40.3 Å². The molecule has 0 saturated heterocycles. The molecule has 0 radical (unpaired) electrons. The molecule has 0 fully saturated rings. The van der Waals surface area contributed by atoms with E-state index in [0.29, 0.717) is 18.7 Å². The number of nitrogens with zero attached hydrogens (tertiary/aromatic N) is 1. The number of aryl methyl sites for hydroxylation is 1. The Bertz CT molecular complexity index is 1140. The Morgan fingerprint density at radius 1 is 0.917 bits per heavy atom. The maximum Gasteiger partial charge on any atom is 0.243 e. The first-order valence-corrected chi connectivity index (χ1v) is 14.1. The van der Waals surface area contributed by atoms with Crippen LogP contribution in [0.5, 0.6) is 0 Å². The minimum absolute atomic E-state index is 0.0403. The third-order valence-corrected chi connectivity index (χ3v) is 7.27. The van der Waals surface area contributed by atoms with Gasteiger partial charge in [0.2, 0.25) is 11.8 Å². The van der Waals surface area contributed by atoms with E-state index in [0.717, 1.165) is 21.4 Å². The molecule has 1 N–H and O–H groups in total. The van der Waals surface area contributed by atoms with Gasteiger partial charge in [-0.25, -0.2) is 0 Å². The van der Waals surface area contributed by atoms with E-state index >= 15 is 0 Å². The van der Waals surface area contributed by atoms with Crippen molar-refractivity contribution in [3.8, 4) is 0 Å². The molecule has 6 heteroatoms. The summed E-state index contributed by atoms with van der Waals surface area (Å²) in [6.07, 6.45) is 0.452. The number of benzene rings is 3. The molecule has 0 heterocycles. The molecule has 3 rings (SSSR count). The summed E-state index contributed by atoms with van der Waals surface area (Å²) in [5.41, 5.74) is 4.04. The van der Waals surface area contributed by atoms with Gasteiger partial charge < -0.3 is 10.2 Å². The number of rotatable bonds is 10. The van der Waals surface area contributed by atoms with Crippen LogP contribution in [0.3, 0.4) is 0 Å². The van der Waals surface area contributed by atoms with E-state index in [1.165, 1.54) is 11.1 Å². The lowest BCUT2D eigenvalue weighted by Gasteiger charge is -2.34. The highest BCUT2D eigenvalue weighted by Gasteiger charge is 2.32. The van der Waals surface area contributed by atoms with E-state index in [4.69, 9.17) is 0 Å². The topological polar surface area (TPSA) is 49.4 Å². The van der Waals surface area contributed by atoms with Gasteiger partial charge in [0.05, 0.1) is 5.75 Å². The zero-order valence-corrected chi connectivity index (χ0v) is 23.9. The van der Waals surface area contributed by atoms with Crippen LogP contribution in [0, 0.1) is 6.92 Å². The number of halogens is 1. The van der Waals surface area contributed by atoms with Crippen molar-refractivity contribution >= 4 is 39.5 Å². The summed E-state index contributed by atoms with van der Waals surface area (Å²) in [4.78, 5) is 29.0. The first kappa shape index (κ1) is 28.0. The third kappa shape index (κ3) is 8.82. The van der Waals surface area contributed by atoms with Crippen molar-refractivity contribution in [2.24, 2.45) is 0 Å². The monoisotopic (exact) mass is 566 g/mol. The molecule has 0 bridgehead atoms. The molecule has 3 aromatic carbocycles. The summed E-state index contributed by atoms with van der Waals surface area (Å²) in [7, 11) is 0. The van der Waals surface area contributed by atoms with E-state index < -0.39 is 11.6 Å². The number of carbonyl (C=O) groups is 2. The van der Waals surface area contributed by atoms with Crippen molar-refractivity contribution in [3.05, 3.63) is 106 Å². The molecule has 2 amide bonds. The molecular formula is C30H35BrN2O2S.